The lowest BCUT2D eigenvalue weighted by molar-refractivity contribution is -0.113. The molecule has 0 aliphatic carbocycles. The molecule has 0 aliphatic rings. The van der Waals surface area contributed by atoms with Crippen LogP contribution in [-0.2, 0) is 4.79 Å². The highest BCUT2D eigenvalue weighted by atomic mass is 79.9. The van der Waals surface area contributed by atoms with Crippen LogP contribution in [0, 0.1) is 0 Å². The zero-order valence-corrected chi connectivity index (χ0v) is 17.5. The normalized spacial score (nSPS) is 10.9. The van der Waals surface area contributed by atoms with Gasteiger partial charge in [0.2, 0.25) is 11.1 Å². The SMILES string of the molecule is Nn1c(N/N=C/c2ccc(Br)cc2)nnc1SCC(=O)Nc1ccccc1Cl. The second-order valence-corrected chi connectivity index (χ2v) is 7.68. The summed E-state index contributed by atoms with van der Waals surface area (Å²) < 4.78 is 2.21. The molecule has 2 aromatic carbocycles. The van der Waals surface area contributed by atoms with Gasteiger partial charge in [-0.05, 0) is 29.8 Å². The van der Waals surface area contributed by atoms with Gasteiger partial charge in [0.1, 0.15) is 0 Å². The summed E-state index contributed by atoms with van der Waals surface area (Å²) in [7, 11) is 0. The number of aromatic nitrogens is 3. The lowest BCUT2D eigenvalue weighted by Gasteiger charge is -2.06. The number of benzene rings is 2. The van der Waals surface area contributed by atoms with E-state index in [1.54, 1.807) is 30.5 Å². The molecule has 8 nitrogen and oxygen atoms in total. The summed E-state index contributed by atoms with van der Waals surface area (Å²) in [5.74, 6) is 6.06. The number of rotatable bonds is 7. The summed E-state index contributed by atoms with van der Waals surface area (Å²) in [4.78, 5) is 12.1. The van der Waals surface area contributed by atoms with Crippen LogP contribution in [-0.4, -0.2) is 32.7 Å². The number of hydrazone groups is 1. The van der Waals surface area contributed by atoms with Crippen LogP contribution in [0.25, 0.3) is 0 Å². The predicted molar refractivity (Wildman–Crippen MR) is 116 cm³/mol. The van der Waals surface area contributed by atoms with Crippen molar-refractivity contribution >= 4 is 63.1 Å². The number of carbonyl (C=O) groups is 1. The molecule has 0 saturated carbocycles. The maximum Gasteiger partial charge on any atom is 0.264 e. The van der Waals surface area contributed by atoms with Gasteiger partial charge in [0.25, 0.3) is 5.95 Å². The lowest BCUT2D eigenvalue weighted by atomic mass is 10.2. The number of thioether (sulfide) groups is 1. The van der Waals surface area contributed by atoms with Gasteiger partial charge in [0.15, 0.2) is 0 Å². The molecule has 0 spiro atoms. The van der Waals surface area contributed by atoms with E-state index in [-0.39, 0.29) is 17.6 Å². The van der Waals surface area contributed by atoms with E-state index >= 15 is 0 Å². The quantitative estimate of drug-likeness (QED) is 0.206. The van der Waals surface area contributed by atoms with Crippen LogP contribution in [0.3, 0.4) is 0 Å². The van der Waals surface area contributed by atoms with Crippen LogP contribution in [0.5, 0.6) is 0 Å². The third kappa shape index (κ3) is 5.47. The lowest BCUT2D eigenvalue weighted by Crippen LogP contribution is -2.17. The van der Waals surface area contributed by atoms with E-state index in [1.165, 1.54) is 4.68 Å². The zero-order valence-electron chi connectivity index (χ0n) is 14.3. The number of anilines is 2. The van der Waals surface area contributed by atoms with E-state index in [0.29, 0.717) is 15.9 Å². The van der Waals surface area contributed by atoms with Crippen molar-refractivity contribution in [1.82, 2.24) is 14.9 Å². The molecule has 0 radical (unpaired) electrons. The Morgan fingerprint density at radius 2 is 2.00 bits per heavy atom. The maximum absolute atomic E-state index is 12.1. The summed E-state index contributed by atoms with van der Waals surface area (Å²) in [6, 6.07) is 14.6. The van der Waals surface area contributed by atoms with E-state index < -0.39 is 0 Å². The third-order valence-electron chi connectivity index (χ3n) is 3.39. The zero-order chi connectivity index (χ0) is 19.9. The summed E-state index contributed by atoms with van der Waals surface area (Å²) in [6.07, 6.45) is 1.63. The second-order valence-electron chi connectivity index (χ2n) is 5.41. The number of amides is 1. The first-order chi connectivity index (χ1) is 13.5. The molecule has 3 aromatic rings. The van der Waals surface area contributed by atoms with Crippen LogP contribution in [0.15, 0.2) is 63.3 Å². The van der Waals surface area contributed by atoms with Gasteiger partial charge >= 0.3 is 0 Å². The molecule has 28 heavy (non-hydrogen) atoms. The monoisotopic (exact) mass is 479 g/mol. The Bertz CT molecular complexity index is 993. The smallest absolute Gasteiger partial charge is 0.264 e. The van der Waals surface area contributed by atoms with Crippen molar-refractivity contribution < 1.29 is 4.79 Å². The van der Waals surface area contributed by atoms with Gasteiger partial charge < -0.3 is 11.2 Å². The van der Waals surface area contributed by atoms with E-state index in [9.17, 15) is 4.79 Å². The average molecular weight is 481 g/mol. The van der Waals surface area contributed by atoms with Crippen LogP contribution < -0.4 is 16.6 Å². The van der Waals surface area contributed by atoms with Crippen molar-refractivity contribution in [3.05, 3.63) is 63.6 Å². The van der Waals surface area contributed by atoms with Gasteiger partial charge in [-0.15, -0.1) is 10.2 Å². The van der Waals surface area contributed by atoms with Gasteiger partial charge in [0.05, 0.1) is 22.7 Å². The molecule has 11 heteroatoms. The minimum Gasteiger partial charge on any atom is -0.334 e. The van der Waals surface area contributed by atoms with Crippen LogP contribution in [0.4, 0.5) is 11.6 Å². The van der Waals surface area contributed by atoms with Gasteiger partial charge in [0, 0.05) is 4.47 Å². The number of nitrogens with one attached hydrogen (secondary N) is 2. The molecule has 4 N–H and O–H groups in total. The van der Waals surface area contributed by atoms with Crippen molar-refractivity contribution in [1.29, 1.82) is 0 Å². The number of nitrogens with two attached hydrogens (primary N) is 1. The highest BCUT2D eigenvalue weighted by molar-refractivity contribution is 9.10. The fourth-order valence-electron chi connectivity index (χ4n) is 2.04. The number of nitrogen functional groups attached to an aromatic ring is 1. The Hall–Kier alpha value is -2.56. The predicted octanol–water partition coefficient (Wildman–Crippen LogP) is 3.58. The number of para-hydroxylation sites is 1. The number of nitrogens with zero attached hydrogens (tertiary/aromatic N) is 4. The minimum atomic E-state index is -0.233. The highest BCUT2D eigenvalue weighted by Gasteiger charge is 2.12. The van der Waals surface area contributed by atoms with Gasteiger partial charge in [-0.1, -0.05) is 63.6 Å². The van der Waals surface area contributed by atoms with Gasteiger partial charge in [-0.2, -0.15) is 5.10 Å². The Labute approximate surface area is 178 Å². The number of carbonyl (C=O) groups excluding carboxylic acids is 1. The van der Waals surface area contributed by atoms with Crippen molar-refractivity contribution in [2.45, 2.75) is 5.16 Å². The standard InChI is InChI=1S/C17H15BrClN7OS/c18-12-7-5-11(6-8-12)9-21-23-16-24-25-17(26(16)20)28-10-15(27)22-14-4-2-1-3-13(14)19/h1-9H,10,20H2,(H,22,27)(H,23,24)/b21-9+. The van der Waals surface area contributed by atoms with E-state index in [1.807, 2.05) is 24.3 Å². The van der Waals surface area contributed by atoms with E-state index in [2.05, 4.69) is 42.0 Å². The molecule has 0 unspecified atom stereocenters. The molecule has 1 aromatic heterocycles. The van der Waals surface area contributed by atoms with Gasteiger partial charge in [-0.3, -0.25) is 4.79 Å². The van der Waals surface area contributed by atoms with E-state index in [4.69, 9.17) is 17.4 Å². The fourth-order valence-corrected chi connectivity index (χ4v) is 3.15. The summed E-state index contributed by atoms with van der Waals surface area (Å²) in [5, 5.41) is 15.5. The number of halogens is 2. The van der Waals surface area contributed by atoms with Crippen LogP contribution >= 0.6 is 39.3 Å². The molecule has 1 heterocycles. The Balaban J connectivity index is 1.53. The first-order valence-electron chi connectivity index (χ1n) is 7.95. The Morgan fingerprint density at radius 1 is 1.25 bits per heavy atom. The largest absolute Gasteiger partial charge is 0.334 e. The van der Waals surface area contributed by atoms with Crippen molar-refractivity contribution in [2.75, 3.05) is 22.3 Å². The molecule has 0 bridgehead atoms. The molecular weight excluding hydrogens is 466 g/mol. The second kappa shape index (κ2) is 9.58. The first-order valence-corrected chi connectivity index (χ1v) is 10.1. The maximum atomic E-state index is 12.1. The fraction of sp³-hybridized carbons (Fsp3) is 0.0588. The average Bonchev–Trinajstić information content (AvgIpc) is 3.03. The number of hydrogen-bond donors (Lipinski definition) is 3. The molecule has 0 saturated heterocycles. The number of hydrogen-bond acceptors (Lipinski definition) is 7. The summed E-state index contributed by atoms with van der Waals surface area (Å²) in [5.41, 5.74) is 4.18. The Kier molecular flexibility index (Phi) is 6.90. The highest BCUT2D eigenvalue weighted by Crippen LogP contribution is 2.22. The van der Waals surface area contributed by atoms with Crippen molar-refractivity contribution in [2.24, 2.45) is 5.10 Å². The first kappa shape index (κ1) is 20.2. The molecule has 1 amide bonds. The molecule has 3 rings (SSSR count). The van der Waals surface area contributed by atoms with Crippen molar-refractivity contribution in [3.63, 3.8) is 0 Å². The molecule has 0 fully saturated rings. The molecule has 144 valence electrons. The molecule has 0 atom stereocenters. The Morgan fingerprint density at radius 3 is 2.75 bits per heavy atom. The van der Waals surface area contributed by atoms with Crippen LogP contribution in [0.1, 0.15) is 5.56 Å². The van der Waals surface area contributed by atoms with Gasteiger partial charge in [-0.25, -0.2) is 10.1 Å². The van der Waals surface area contributed by atoms with Crippen LogP contribution in [0.2, 0.25) is 5.02 Å². The molecular formula is C17H15BrClN7OS. The van der Waals surface area contributed by atoms with Crippen molar-refractivity contribution in [3.8, 4) is 0 Å². The third-order valence-corrected chi connectivity index (χ3v) is 5.19. The summed E-state index contributed by atoms with van der Waals surface area (Å²) >= 11 is 10.5. The van der Waals surface area contributed by atoms with E-state index in [0.717, 1.165) is 21.8 Å². The summed E-state index contributed by atoms with van der Waals surface area (Å²) in [6.45, 7) is 0. The topological polar surface area (TPSA) is 110 Å². The minimum absolute atomic E-state index is 0.0999. The molecule has 0 aliphatic heterocycles.